The number of phosphoric ester groups is 1. The van der Waals surface area contributed by atoms with Crippen molar-refractivity contribution >= 4 is 36.4 Å². The molecule has 57 heavy (non-hydrogen) atoms. The molecule has 0 saturated carbocycles. The van der Waals surface area contributed by atoms with E-state index < -0.39 is 32.5 Å². The zero-order valence-corrected chi connectivity index (χ0v) is 36.8. The SMILES string of the molecule is CCCCCCCCCCCCCCCCCC(=O)OC[C@H](COP(=O)([O-])OCC[N+](C)(C)C)OC(=O)CCCNC(=O)Cc1ccc2cc(OC)ccc2c1C. The molecular formula is C44H73N2O10P. The minimum absolute atomic E-state index is 0.0459. The monoisotopic (exact) mass is 821 g/mol. The normalized spacial score (nSPS) is 13.2. The minimum atomic E-state index is -4.70. The number of aryl methyl sites for hydroxylation is 1. The first-order valence-corrected chi connectivity index (χ1v) is 22.8. The molecule has 0 fully saturated rings. The van der Waals surface area contributed by atoms with Gasteiger partial charge in [0.15, 0.2) is 6.10 Å². The van der Waals surface area contributed by atoms with Gasteiger partial charge in [-0.1, -0.05) is 115 Å². The molecule has 2 atom stereocenters. The van der Waals surface area contributed by atoms with Crippen LogP contribution in [0.1, 0.15) is 134 Å². The van der Waals surface area contributed by atoms with E-state index in [4.69, 9.17) is 23.3 Å². The lowest BCUT2D eigenvalue weighted by Gasteiger charge is -2.28. The van der Waals surface area contributed by atoms with Gasteiger partial charge in [0.25, 0.3) is 7.82 Å². The van der Waals surface area contributed by atoms with E-state index in [-0.39, 0.29) is 44.9 Å². The largest absolute Gasteiger partial charge is 0.756 e. The molecule has 0 aromatic heterocycles. The number of nitrogens with zero attached hydrogens (tertiary/aromatic N) is 1. The highest BCUT2D eigenvalue weighted by Gasteiger charge is 2.22. The topological polar surface area (TPSA) is 150 Å². The van der Waals surface area contributed by atoms with E-state index in [0.717, 1.165) is 46.9 Å². The van der Waals surface area contributed by atoms with Crippen molar-refractivity contribution in [3.05, 3.63) is 41.5 Å². The molecule has 0 saturated heterocycles. The van der Waals surface area contributed by atoms with E-state index in [1.807, 2.05) is 58.4 Å². The van der Waals surface area contributed by atoms with Crippen LogP contribution < -0.4 is 14.9 Å². The lowest BCUT2D eigenvalue weighted by molar-refractivity contribution is -0.870. The number of esters is 2. The highest BCUT2D eigenvalue weighted by molar-refractivity contribution is 7.45. The van der Waals surface area contributed by atoms with Crippen LogP contribution >= 0.6 is 7.82 Å². The number of ether oxygens (including phenoxy) is 3. The standard InChI is InChI=1S/C44H73N2O10P/c1-7-8-9-10-11-12-13-14-15-16-17-18-19-20-21-23-43(48)53-34-40(35-55-57(50,51)54-31-30-46(3,4)5)56-44(49)24-22-29-45-42(47)33-37-25-26-38-32-39(52-6)27-28-41(38)36(37)2/h25-28,32,40H,7-24,29-31,33-35H2,1-6H3,(H-,45,47,50,51)/t40-/m1/s1. The summed E-state index contributed by atoms with van der Waals surface area (Å²) in [6, 6.07) is 9.72. The smallest absolute Gasteiger partial charge is 0.306 e. The first-order valence-electron chi connectivity index (χ1n) is 21.3. The second kappa shape index (κ2) is 28.4. The molecule has 324 valence electrons. The molecule has 0 aliphatic heterocycles. The first-order chi connectivity index (χ1) is 27.2. The molecule has 13 heteroatoms. The number of quaternary nitrogens is 1. The number of fused-ring (bicyclic) bond motifs is 1. The van der Waals surface area contributed by atoms with Crippen LogP contribution in [-0.2, 0) is 43.9 Å². The average molecular weight is 821 g/mol. The zero-order chi connectivity index (χ0) is 41.9. The van der Waals surface area contributed by atoms with Crippen molar-refractivity contribution in [2.75, 3.05) is 61.2 Å². The second-order valence-electron chi connectivity index (χ2n) is 16.2. The Labute approximate surface area is 342 Å². The average Bonchev–Trinajstić information content (AvgIpc) is 3.16. The Morgan fingerprint density at radius 2 is 1.37 bits per heavy atom. The number of nitrogens with one attached hydrogen (secondary N) is 1. The van der Waals surface area contributed by atoms with Crippen LogP contribution in [0.2, 0.25) is 0 Å². The molecule has 2 rings (SSSR count). The predicted octanol–water partition coefficient (Wildman–Crippen LogP) is 8.52. The van der Waals surface area contributed by atoms with Crippen molar-refractivity contribution in [3.8, 4) is 5.75 Å². The Bertz CT molecular complexity index is 1510. The molecule has 1 unspecified atom stereocenters. The summed E-state index contributed by atoms with van der Waals surface area (Å²) in [7, 11) is 2.62. The Kier molecular flexibility index (Phi) is 25.0. The summed E-state index contributed by atoms with van der Waals surface area (Å²) in [5.41, 5.74) is 1.91. The summed E-state index contributed by atoms with van der Waals surface area (Å²) in [5.74, 6) is -0.493. The molecule has 2 aromatic carbocycles. The van der Waals surface area contributed by atoms with E-state index in [0.29, 0.717) is 23.9 Å². The summed E-state index contributed by atoms with van der Waals surface area (Å²) in [4.78, 5) is 50.4. The molecule has 0 bridgehead atoms. The van der Waals surface area contributed by atoms with Crippen LogP contribution in [0.15, 0.2) is 30.3 Å². The van der Waals surface area contributed by atoms with Gasteiger partial charge in [0.2, 0.25) is 5.91 Å². The van der Waals surface area contributed by atoms with Gasteiger partial charge in [-0.2, -0.15) is 0 Å². The number of amides is 1. The number of carbonyl (C=O) groups is 3. The van der Waals surface area contributed by atoms with Crippen LogP contribution in [-0.4, -0.2) is 89.6 Å². The molecule has 0 aliphatic carbocycles. The molecular weight excluding hydrogens is 747 g/mol. The van der Waals surface area contributed by atoms with Gasteiger partial charge in [-0.15, -0.1) is 0 Å². The number of rotatable bonds is 33. The van der Waals surface area contributed by atoms with E-state index in [9.17, 15) is 23.8 Å². The van der Waals surface area contributed by atoms with Crippen molar-refractivity contribution in [2.45, 2.75) is 142 Å². The van der Waals surface area contributed by atoms with E-state index in [2.05, 4.69) is 12.2 Å². The van der Waals surface area contributed by atoms with Crippen molar-refractivity contribution < 1.29 is 51.6 Å². The number of phosphoric acid groups is 1. The summed E-state index contributed by atoms with van der Waals surface area (Å²) >= 11 is 0. The van der Waals surface area contributed by atoms with Crippen LogP contribution in [0, 0.1) is 6.92 Å². The number of hydrogen-bond donors (Lipinski definition) is 1. The Hall–Kier alpha value is -3.02. The van der Waals surface area contributed by atoms with Gasteiger partial charge in [-0.3, -0.25) is 18.9 Å². The van der Waals surface area contributed by atoms with Gasteiger partial charge < -0.3 is 38.0 Å². The summed E-state index contributed by atoms with van der Waals surface area (Å²) in [6.45, 7) is 3.91. The third-order valence-corrected chi connectivity index (χ3v) is 10.9. The zero-order valence-electron chi connectivity index (χ0n) is 35.9. The molecule has 0 radical (unpaired) electrons. The van der Waals surface area contributed by atoms with Crippen molar-refractivity contribution in [3.63, 3.8) is 0 Å². The van der Waals surface area contributed by atoms with Gasteiger partial charge in [0, 0.05) is 19.4 Å². The third-order valence-electron chi connectivity index (χ3n) is 9.98. The summed E-state index contributed by atoms with van der Waals surface area (Å²) < 4.78 is 39.1. The number of benzene rings is 2. The molecule has 1 amide bonds. The van der Waals surface area contributed by atoms with Crippen molar-refractivity contribution in [1.29, 1.82) is 0 Å². The Balaban J connectivity index is 1.73. The number of carbonyl (C=O) groups excluding carboxylic acids is 3. The summed E-state index contributed by atoms with van der Waals surface area (Å²) in [6.07, 6.45) is 17.9. The third kappa shape index (κ3) is 23.9. The van der Waals surface area contributed by atoms with Gasteiger partial charge in [0.05, 0.1) is 41.3 Å². The first kappa shape index (κ1) is 50.1. The quantitative estimate of drug-likeness (QED) is 0.0321. The molecule has 0 spiro atoms. The Morgan fingerprint density at radius 3 is 1.96 bits per heavy atom. The van der Waals surface area contributed by atoms with Crippen LogP contribution in [0.4, 0.5) is 0 Å². The molecule has 0 heterocycles. The van der Waals surface area contributed by atoms with E-state index in [1.54, 1.807) is 7.11 Å². The van der Waals surface area contributed by atoms with Gasteiger partial charge >= 0.3 is 11.9 Å². The van der Waals surface area contributed by atoms with Crippen LogP contribution in [0.25, 0.3) is 10.8 Å². The molecule has 2 aromatic rings. The van der Waals surface area contributed by atoms with Gasteiger partial charge in [-0.25, -0.2) is 0 Å². The second-order valence-corrected chi connectivity index (χ2v) is 17.6. The minimum Gasteiger partial charge on any atom is -0.756 e. The number of hydrogen-bond acceptors (Lipinski definition) is 10. The summed E-state index contributed by atoms with van der Waals surface area (Å²) in [5, 5.41) is 4.92. The number of likely N-dealkylation sites (N-methyl/N-ethyl adjacent to an activating group) is 1. The Morgan fingerprint density at radius 1 is 0.772 bits per heavy atom. The fourth-order valence-electron chi connectivity index (χ4n) is 6.42. The maximum Gasteiger partial charge on any atom is 0.306 e. The molecule has 12 nitrogen and oxygen atoms in total. The number of unbranched alkanes of at least 4 members (excludes halogenated alkanes) is 14. The predicted molar refractivity (Wildman–Crippen MR) is 224 cm³/mol. The fourth-order valence-corrected chi connectivity index (χ4v) is 7.15. The lowest BCUT2D eigenvalue weighted by atomic mass is 9.98. The van der Waals surface area contributed by atoms with Crippen LogP contribution in [0.5, 0.6) is 5.75 Å². The van der Waals surface area contributed by atoms with Crippen molar-refractivity contribution in [1.82, 2.24) is 5.32 Å². The maximum atomic E-state index is 12.8. The van der Waals surface area contributed by atoms with Gasteiger partial charge in [0.1, 0.15) is 25.5 Å². The van der Waals surface area contributed by atoms with Crippen LogP contribution in [0.3, 0.4) is 0 Å². The maximum absolute atomic E-state index is 12.8. The van der Waals surface area contributed by atoms with Gasteiger partial charge in [-0.05, 0) is 53.8 Å². The van der Waals surface area contributed by atoms with E-state index in [1.165, 1.54) is 70.6 Å². The van der Waals surface area contributed by atoms with E-state index >= 15 is 0 Å². The van der Waals surface area contributed by atoms with Crippen molar-refractivity contribution in [2.24, 2.45) is 0 Å². The highest BCUT2D eigenvalue weighted by Crippen LogP contribution is 2.38. The fraction of sp³-hybridized carbons (Fsp3) is 0.705. The highest BCUT2D eigenvalue weighted by atomic mass is 31.2. The molecule has 1 N–H and O–H groups in total. The lowest BCUT2D eigenvalue weighted by Crippen LogP contribution is -2.37. The number of methoxy groups -OCH3 is 1. The molecule has 0 aliphatic rings.